The topological polar surface area (TPSA) is 81.2 Å². The Morgan fingerprint density at radius 3 is 0.963 bits per heavy atom. The number of hydrogen-bond acceptors (Lipinski definition) is 6. The molecule has 0 fully saturated rings. The molecule has 0 atom stereocenters. The van der Waals surface area contributed by atoms with Crippen LogP contribution in [0.4, 0.5) is 0 Å². The van der Waals surface area contributed by atoms with E-state index in [9.17, 15) is 19.2 Å². The summed E-state index contributed by atoms with van der Waals surface area (Å²) >= 11 is 0. The summed E-state index contributed by atoms with van der Waals surface area (Å²) in [7, 11) is 1.84. The highest BCUT2D eigenvalue weighted by Crippen LogP contribution is 2.40. The molecule has 54 heavy (non-hydrogen) atoms. The van der Waals surface area contributed by atoms with Gasteiger partial charge >= 0.3 is 0 Å². The summed E-state index contributed by atoms with van der Waals surface area (Å²) in [4.78, 5) is 58.8. The van der Waals surface area contributed by atoms with E-state index in [4.69, 9.17) is 0 Å². The zero-order valence-corrected chi connectivity index (χ0v) is 35.4. The zero-order valence-electron chi connectivity index (χ0n) is 33.7. The molecule has 0 heterocycles. The van der Waals surface area contributed by atoms with Gasteiger partial charge in [-0.15, -0.1) is 0 Å². The molecular formula is C44H54N4O4S2. The fourth-order valence-corrected chi connectivity index (χ4v) is 8.56. The Morgan fingerprint density at radius 1 is 0.444 bits per heavy atom. The second-order valence-electron chi connectivity index (χ2n) is 15.7. The lowest BCUT2D eigenvalue weighted by Gasteiger charge is -2.45. The molecule has 0 spiro atoms. The SMILES string of the molecule is CCc1ccc(C(=O)N(SSN(C(=O)c2ccc(CC)cc2)N(C(=O)c2cc(C)cc(C)c2)C(C)(C)C)N(C(=O)c2cc(C)cc(C)c2)C(C)(C)C)cc1. The maximum absolute atomic E-state index is 14.7. The van der Waals surface area contributed by atoms with Gasteiger partial charge in [-0.05, 0) is 142 Å². The van der Waals surface area contributed by atoms with Crippen molar-refractivity contribution in [1.29, 1.82) is 0 Å². The highest BCUT2D eigenvalue weighted by Gasteiger charge is 2.41. The van der Waals surface area contributed by atoms with Crippen molar-refractivity contribution in [2.24, 2.45) is 0 Å². The molecule has 0 radical (unpaired) electrons. The van der Waals surface area contributed by atoms with Crippen LogP contribution in [0, 0.1) is 27.7 Å². The van der Waals surface area contributed by atoms with E-state index in [1.54, 1.807) is 24.3 Å². The summed E-state index contributed by atoms with van der Waals surface area (Å²) in [5, 5.41) is 2.89. The maximum Gasteiger partial charge on any atom is 0.283 e. The van der Waals surface area contributed by atoms with Gasteiger partial charge in [-0.3, -0.25) is 19.2 Å². The summed E-state index contributed by atoms with van der Waals surface area (Å²) in [6.45, 7) is 23.0. The van der Waals surface area contributed by atoms with Crippen molar-refractivity contribution in [3.63, 3.8) is 0 Å². The van der Waals surface area contributed by atoms with Gasteiger partial charge in [0.1, 0.15) is 0 Å². The normalized spacial score (nSPS) is 11.6. The number of carbonyl (C=O) groups is 4. The van der Waals surface area contributed by atoms with E-state index in [2.05, 4.69) is 0 Å². The number of aryl methyl sites for hydroxylation is 6. The van der Waals surface area contributed by atoms with Gasteiger partial charge in [0.2, 0.25) is 0 Å². The van der Waals surface area contributed by atoms with Crippen LogP contribution in [0.1, 0.15) is 130 Å². The van der Waals surface area contributed by atoms with Gasteiger partial charge in [-0.25, -0.2) is 10.0 Å². The van der Waals surface area contributed by atoms with Gasteiger partial charge in [0.05, 0.1) is 33.0 Å². The van der Waals surface area contributed by atoms with Crippen molar-refractivity contribution in [2.75, 3.05) is 0 Å². The van der Waals surface area contributed by atoms with Crippen LogP contribution in [0.15, 0.2) is 84.9 Å². The fraction of sp³-hybridized carbons (Fsp3) is 0.364. The first kappa shape index (κ1) is 42.2. The molecule has 4 aromatic rings. The maximum atomic E-state index is 14.7. The number of rotatable bonds is 9. The zero-order chi connectivity index (χ0) is 40.1. The molecule has 0 aliphatic rings. The standard InChI is InChI=1S/C44H54N4O4S2/c1-13-33-15-19-35(20-16-33)41(51)47(45(43(7,8)9)39(49)37-25-29(3)23-30(4)26-37)53-54-48(42(52)36-21-17-34(14-2)18-22-36)46(44(10,11)12)40(50)38-27-31(5)24-32(6)28-38/h15-28H,13-14H2,1-12H3. The molecule has 8 nitrogen and oxygen atoms in total. The fourth-order valence-electron chi connectivity index (χ4n) is 6.13. The summed E-state index contributed by atoms with van der Waals surface area (Å²) in [6, 6.07) is 25.8. The van der Waals surface area contributed by atoms with Crippen molar-refractivity contribution in [2.45, 2.75) is 107 Å². The van der Waals surface area contributed by atoms with Crippen molar-refractivity contribution in [1.82, 2.24) is 18.8 Å². The van der Waals surface area contributed by atoms with Crippen molar-refractivity contribution in [3.8, 4) is 0 Å². The first-order chi connectivity index (χ1) is 25.2. The van der Waals surface area contributed by atoms with Crippen LogP contribution in [-0.2, 0) is 12.8 Å². The average molecular weight is 767 g/mol. The van der Waals surface area contributed by atoms with Gasteiger partial charge in [-0.2, -0.15) is 8.83 Å². The Hall–Kier alpha value is -4.54. The van der Waals surface area contributed by atoms with Crippen LogP contribution in [-0.4, -0.2) is 53.6 Å². The van der Waals surface area contributed by atoms with Crippen LogP contribution in [0.5, 0.6) is 0 Å². The molecule has 0 aliphatic heterocycles. The minimum atomic E-state index is -0.898. The van der Waals surface area contributed by atoms with Crippen LogP contribution in [0.2, 0.25) is 0 Å². The Labute approximate surface area is 329 Å². The van der Waals surface area contributed by atoms with Crippen LogP contribution in [0.25, 0.3) is 0 Å². The van der Waals surface area contributed by atoms with Gasteiger partial charge in [0, 0.05) is 22.3 Å². The Bertz CT molecular complexity index is 1810. The van der Waals surface area contributed by atoms with Crippen LogP contribution >= 0.6 is 22.0 Å². The Kier molecular flexibility index (Phi) is 13.5. The van der Waals surface area contributed by atoms with Crippen molar-refractivity contribution in [3.05, 3.63) is 141 Å². The molecule has 0 N–H and O–H groups in total. The van der Waals surface area contributed by atoms with E-state index >= 15 is 0 Å². The molecule has 0 bridgehead atoms. The molecule has 0 saturated carbocycles. The summed E-state index contributed by atoms with van der Waals surface area (Å²) in [5.74, 6) is -1.67. The molecule has 0 aromatic heterocycles. The molecule has 4 amide bonds. The van der Waals surface area contributed by atoms with Gasteiger partial charge < -0.3 is 0 Å². The van der Waals surface area contributed by atoms with Gasteiger partial charge in [-0.1, -0.05) is 72.5 Å². The molecule has 0 aliphatic carbocycles. The number of hydrazine groups is 2. The van der Waals surface area contributed by atoms with E-state index in [0.29, 0.717) is 22.3 Å². The number of benzene rings is 4. The van der Waals surface area contributed by atoms with E-state index in [-0.39, 0.29) is 11.8 Å². The van der Waals surface area contributed by atoms with Crippen molar-refractivity contribution < 1.29 is 19.2 Å². The predicted molar refractivity (Wildman–Crippen MR) is 223 cm³/mol. The van der Waals surface area contributed by atoms with E-state index in [1.807, 2.05) is 144 Å². The number of nitrogens with zero attached hydrogens (tertiary/aromatic N) is 4. The third-order valence-corrected chi connectivity index (χ3v) is 10.8. The third kappa shape index (κ3) is 10.2. The molecular weight excluding hydrogens is 713 g/mol. The largest absolute Gasteiger partial charge is 0.283 e. The minimum Gasteiger partial charge on any atom is -0.267 e. The summed E-state index contributed by atoms with van der Waals surface area (Å²) in [5.41, 5.74) is 5.59. The monoisotopic (exact) mass is 766 g/mol. The van der Waals surface area contributed by atoms with E-state index in [0.717, 1.165) is 68.2 Å². The second-order valence-corrected chi connectivity index (χ2v) is 17.6. The van der Waals surface area contributed by atoms with Gasteiger partial charge in [0.25, 0.3) is 23.6 Å². The van der Waals surface area contributed by atoms with E-state index < -0.39 is 22.9 Å². The minimum absolute atomic E-state index is 0.370. The summed E-state index contributed by atoms with van der Waals surface area (Å²) < 4.78 is 2.66. The lowest BCUT2D eigenvalue weighted by atomic mass is 10.0. The number of carbonyl (C=O) groups excluding carboxylic acids is 4. The molecule has 10 heteroatoms. The highest BCUT2D eigenvalue weighted by molar-refractivity contribution is 8.75. The lowest BCUT2D eigenvalue weighted by molar-refractivity contribution is -0.00155. The molecule has 0 unspecified atom stereocenters. The quantitative estimate of drug-likeness (QED) is 0.0959. The molecule has 4 rings (SSSR count). The second kappa shape index (κ2) is 17.3. The summed E-state index contributed by atoms with van der Waals surface area (Å²) in [6.07, 6.45) is 1.60. The predicted octanol–water partition coefficient (Wildman–Crippen LogP) is 10.6. The first-order valence-corrected chi connectivity index (χ1v) is 20.4. The average Bonchev–Trinajstić information content (AvgIpc) is 3.09. The van der Waals surface area contributed by atoms with E-state index in [1.165, 1.54) is 18.8 Å². The molecule has 286 valence electrons. The first-order valence-electron chi connectivity index (χ1n) is 18.3. The molecule has 0 saturated heterocycles. The van der Waals surface area contributed by atoms with Crippen LogP contribution in [0.3, 0.4) is 0 Å². The number of hydrogen-bond donors (Lipinski definition) is 0. The lowest BCUT2D eigenvalue weighted by Crippen LogP contribution is -2.57. The van der Waals surface area contributed by atoms with Crippen LogP contribution < -0.4 is 0 Å². The Morgan fingerprint density at radius 2 is 0.722 bits per heavy atom. The van der Waals surface area contributed by atoms with Gasteiger partial charge in [0.15, 0.2) is 0 Å². The third-order valence-electron chi connectivity index (χ3n) is 8.70. The smallest absolute Gasteiger partial charge is 0.267 e. The number of amides is 4. The Balaban J connectivity index is 1.91. The molecule has 4 aromatic carbocycles. The highest BCUT2D eigenvalue weighted by atomic mass is 33.1. The van der Waals surface area contributed by atoms with Crippen molar-refractivity contribution >= 4 is 45.6 Å².